The third-order valence-corrected chi connectivity index (χ3v) is 5.71. The average molecular weight is 411 g/mol. The summed E-state index contributed by atoms with van der Waals surface area (Å²) in [6.07, 6.45) is 3.69. The van der Waals surface area contributed by atoms with E-state index in [-0.39, 0.29) is 11.8 Å². The molecule has 0 unspecified atom stereocenters. The predicted molar refractivity (Wildman–Crippen MR) is 118 cm³/mol. The monoisotopic (exact) mass is 410 g/mol. The van der Waals surface area contributed by atoms with Gasteiger partial charge in [0, 0.05) is 23.5 Å². The Morgan fingerprint density at radius 2 is 1.79 bits per heavy atom. The summed E-state index contributed by atoms with van der Waals surface area (Å²) >= 11 is 1.41. The molecule has 0 bridgehead atoms. The number of ether oxygens (including phenoxy) is 1. The minimum absolute atomic E-state index is 0.00956. The van der Waals surface area contributed by atoms with Gasteiger partial charge < -0.3 is 15.0 Å². The van der Waals surface area contributed by atoms with Crippen molar-refractivity contribution in [1.82, 2.24) is 4.90 Å². The summed E-state index contributed by atoms with van der Waals surface area (Å²) in [6, 6.07) is 13.1. The van der Waals surface area contributed by atoms with Crippen molar-refractivity contribution in [2.24, 2.45) is 0 Å². The van der Waals surface area contributed by atoms with E-state index in [9.17, 15) is 9.59 Å². The number of hydrogen-bond donors (Lipinski definition) is 1. The van der Waals surface area contributed by atoms with Crippen molar-refractivity contribution < 1.29 is 14.3 Å². The molecule has 0 spiro atoms. The van der Waals surface area contributed by atoms with Gasteiger partial charge in [0.25, 0.3) is 11.8 Å². The number of fused-ring (bicyclic) bond motifs is 1. The summed E-state index contributed by atoms with van der Waals surface area (Å²) in [5, 5.41) is 2.93. The Bertz CT molecular complexity index is 916. The molecular weight excluding hydrogens is 384 g/mol. The summed E-state index contributed by atoms with van der Waals surface area (Å²) in [5.41, 5.74) is 2.22. The van der Waals surface area contributed by atoms with E-state index in [2.05, 4.69) is 19.2 Å². The van der Waals surface area contributed by atoms with Gasteiger partial charge in [-0.05, 0) is 54.8 Å². The van der Waals surface area contributed by atoms with Crippen molar-refractivity contribution in [3.8, 4) is 5.75 Å². The average Bonchev–Trinajstić information content (AvgIpc) is 2.74. The highest BCUT2D eigenvalue weighted by Gasteiger charge is 2.23. The number of nitrogens with zero attached hydrogens (tertiary/aromatic N) is 1. The third kappa shape index (κ3) is 5.01. The van der Waals surface area contributed by atoms with E-state index in [0.29, 0.717) is 16.2 Å². The van der Waals surface area contributed by atoms with Crippen LogP contribution in [0.25, 0.3) is 6.08 Å². The molecule has 0 fully saturated rings. The van der Waals surface area contributed by atoms with Gasteiger partial charge in [0.15, 0.2) is 0 Å². The summed E-state index contributed by atoms with van der Waals surface area (Å²) in [4.78, 5) is 28.8. The van der Waals surface area contributed by atoms with Gasteiger partial charge in [-0.3, -0.25) is 9.59 Å². The van der Waals surface area contributed by atoms with Gasteiger partial charge in [-0.2, -0.15) is 0 Å². The van der Waals surface area contributed by atoms with E-state index in [0.717, 1.165) is 42.1 Å². The number of carbonyl (C=O) groups excluding carboxylic acids is 2. The summed E-state index contributed by atoms with van der Waals surface area (Å²) in [6.45, 7) is 5.60. The first-order chi connectivity index (χ1) is 14.0. The maximum Gasteiger partial charge on any atom is 0.262 e. The molecule has 2 aromatic rings. The van der Waals surface area contributed by atoms with Crippen LogP contribution in [0.2, 0.25) is 0 Å². The van der Waals surface area contributed by atoms with Crippen molar-refractivity contribution in [3.63, 3.8) is 0 Å². The molecule has 3 rings (SSSR count). The molecule has 152 valence electrons. The second-order valence-corrected chi connectivity index (χ2v) is 7.92. The van der Waals surface area contributed by atoms with Crippen LogP contribution in [0.15, 0.2) is 52.3 Å². The highest BCUT2D eigenvalue weighted by Crippen LogP contribution is 2.39. The Morgan fingerprint density at radius 3 is 2.41 bits per heavy atom. The molecule has 0 atom stereocenters. The molecule has 1 heterocycles. The molecule has 0 radical (unpaired) electrons. The molecule has 0 aliphatic carbocycles. The van der Waals surface area contributed by atoms with Crippen LogP contribution in [0.3, 0.4) is 0 Å². The second-order valence-electron chi connectivity index (χ2n) is 6.84. The Balaban J connectivity index is 1.81. The zero-order chi connectivity index (χ0) is 20.8. The highest BCUT2D eigenvalue weighted by atomic mass is 32.2. The largest absolute Gasteiger partial charge is 0.497 e. The van der Waals surface area contributed by atoms with Crippen LogP contribution < -0.4 is 10.1 Å². The lowest BCUT2D eigenvalue weighted by molar-refractivity contribution is -0.112. The van der Waals surface area contributed by atoms with Crippen LogP contribution in [0.5, 0.6) is 5.75 Å². The van der Waals surface area contributed by atoms with E-state index in [1.807, 2.05) is 47.4 Å². The van der Waals surface area contributed by atoms with Crippen molar-refractivity contribution in [3.05, 3.63) is 58.5 Å². The molecule has 1 aliphatic heterocycles. The van der Waals surface area contributed by atoms with Crippen molar-refractivity contribution in [2.45, 2.75) is 31.6 Å². The maximum absolute atomic E-state index is 12.8. The number of rotatable bonds is 7. The van der Waals surface area contributed by atoms with Crippen LogP contribution in [0.4, 0.5) is 5.69 Å². The number of methoxy groups -OCH3 is 1. The van der Waals surface area contributed by atoms with Crippen molar-refractivity contribution in [1.29, 1.82) is 0 Å². The zero-order valence-corrected chi connectivity index (χ0v) is 17.8. The summed E-state index contributed by atoms with van der Waals surface area (Å²) in [7, 11) is 1.62. The molecule has 2 amide bonds. The number of amides is 2. The van der Waals surface area contributed by atoms with Crippen LogP contribution in [-0.2, 0) is 4.79 Å². The molecule has 29 heavy (non-hydrogen) atoms. The first-order valence-corrected chi connectivity index (χ1v) is 10.7. The Morgan fingerprint density at radius 1 is 1.10 bits per heavy atom. The second kappa shape index (κ2) is 9.65. The SMILES string of the molecule is CCCN(CCC)C(=O)c1ccc2c(c1)NC(=O)/C(=C\c1ccc(OC)cc1)S2. The number of nitrogens with one attached hydrogen (secondary N) is 1. The fourth-order valence-electron chi connectivity index (χ4n) is 3.18. The first kappa shape index (κ1) is 21.0. The van der Waals surface area contributed by atoms with Gasteiger partial charge in [-0.25, -0.2) is 0 Å². The lowest BCUT2D eigenvalue weighted by Gasteiger charge is -2.23. The topological polar surface area (TPSA) is 58.6 Å². The smallest absolute Gasteiger partial charge is 0.262 e. The molecule has 0 aromatic heterocycles. The predicted octanol–water partition coefficient (Wildman–Crippen LogP) is 5.04. The van der Waals surface area contributed by atoms with E-state index < -0.39 is 0 Å². The van der Waals surface area contributed by atoms with Gasteiger partial charge in [-0.15, -0.1) is 0 Å². The Hall–Kier alpha value is -2.73. The van der Waals surface area contributed by atoms with Crippen LogP contribution >= 0.6 is 11.8 Å². The lowest BCUT2D eigenvalue weighted by Crippen LogP contribution is -2.32. The first-order valence-electron chi connectivity index (χ1n) is 9.84. The highest BCUT2D eigenvalue weighted by molar-refractivity contribution is 8.04. The van der Waals surface area contributed by atoms with Gasteiger partial charge in [0.05, 0.1) is 17.7 Å². The number of anilines is 1. The van der Waals surface area contributed by atoms with Gasteiger partial charge in [0.1, 0.15) is 5.75 Å². The third-order valence-electron chi connectivity index (χ3n) is 4.61. The standard InChI is InChI=1S/C23H26N2O3S/c1-4-12-25(13-5-2)23(27)17-8-11-20-19(15-17)24-22(26)21(29-20)14-16-6-9-18(28-3)10-7-16/h6-11,14-15H,4-5,12-13H2,1-3H3,(H,24,26)/b21-14+. The molecule has 2 aromatic carbocycles. The fraction of sp³-hybridized carbons (Fsp3) is 0.304. The molecular formula is C23H26N2O3S. The van der Waals surface area contributed by atoms with E-state index in [4.69, 9.17) is 4.74 Å². The van der Waals surface area contributed by atoms with Gasteiger partial charge >= 0.3 is 0 Å². The molecule has 1 aliphatic rings. The van der Waals surface area contributed by atoms with Crippen LogP contribution in [0.1, 0.15) is 42.6 Å². The minimum Gasteiger partial charge on any atom is -0.497 e. The zero-order valence-electron chi connectivity index (χ0n) is 17.0. The molecule has 0 saturated heterocycles. The number of carbonyl (C=O) groups is 2. The van der Waals surface area contributed by atoms with Crippen LogP contribution in [0, 0.1) is 0 Å². The Kier molecular flexibility index (Phi) is 6.99. The number of thioether (sulfide) groups is 1. The van der Waals surface area contributed by atoms with E-state index in [1.165, 1.54) is 11.8 Å². The van der Waals surface area contributed by atoms with Crippen molar-refractivity contribution in [2.75, 3.05) is 25.5 Å². The lowest BCUT2D eigenvalue weighted by atomic mass is 10.1. The molecule has 6 heteroatoms. The van der Waals surface area contributed by atoms with Gasteiger partial charge in [0.2, 0.25) is 0 Å². The molecule has 1 N–H and O–H groups in total. The number of benzene rings is 2. The van der Waals surface area contributed by atoms with E-state index >= 15 is 0 Å². The molecule has 0 saturated carbocycles. The molecule has 5 nitrogen and oxygen atoms in total. The maximum atomic E-state index is 12.8. The number of hydrogen-bond acceptors (Lipinski definition) is 4. The summed E-state index contributed by atoms with van der Waals surface area (Å²) < 4.78 is 5.17. The van der Waals surface area contributed by atoms with E-state index in [1.54, 1.807) is 13.2 Å². The van der Waals surface area contributed by atoms with Crippen LogP contribution in [-0.4, -0.2) is 36.9 Å². The normalized spacial score (nSPS) is 14.3. The summed E-state index contributed by atoms with van der Waals surface area (Å²) in [5.74, 6) is 0.618. The van der Waals surface area contributed by atoms with Gasteiger partial charge in [-0.1, -0.05) is 37.7 Å². The minimum atomic E-state index is -0.165. The Labute approximate surface area is 176 Å². The van der Waals surface area contributed by atoms with Crippen molar-refractivity contribution >= 4 is 35.3 Å². The fourth-order valence-corrected chi connectivity index (χ4v) is 4.11. The quantitative estimate of drug-likeness (QED) is 0.650.